The maximum atomic E-state index is 8.51. The summed E-state index contributed by atoms with van der Waals surface area (Å²) in [6.07, 6.45) is 1.56. The van der Waals surface area contributed by atoms with Crippen LogP contribution in [0.15, 0.2) is 12.3 Å². The topological polar surface area (TPSA) is 62.6 Å². The number of hydrogen-bond donors (Lipinski definition) is 2. The normalized spacial score (nSPS) is 9.67. The van der Waals surface area contributed by atoms with Gasteiger partial charge in [0.25, 0.3) is 0 Å². The molecule has 0 aromatic carbocycles. The third-order valence-corrected chi connectivity index (χ3v) is 1.65. The van der Waals surface area contributed by atoms with E-state index in [2.05, 4.69) is 9.64 Å². The molecule has 0 saturated heterocycles. The number of pyridine rings is 1. The van der Waals surface area contributed by atoms with E-state index < -0.39 is 7.32 Å². The Bertz CT molecular complexity index is 277. The van der Waals surface area contributed by atoms with Crippen LogP contribution in [0.4, 0.5) is 0 Å². The number of rotatable bonds is 2. The molecule has 0 amide bonds. The van der Waals surface area contributed by atoms with Gasteiger partial charge < -0.3 is 14.7 Å². The van der Waals surface area contributed by atoms with Gasteiger partial charge in [-0.25, -0.2) is 4.98 Å². The molecular weight excluding hydrogens is 157 g/mol. The number of aryl methyl sites for hydroxylation is 1. The minimum absolute atomic E-state index is 0.255. The van der Waals surface area contributed by atoms with Gasteiger partial charge >= 0.3 is 7.32 Å². The van der Waals surface area contributed by atoms with Crippen molar-refractivity contribution >= 4 is 7.32 Å². The maximum absolute atomic E-state index is 8.51. The Kier molecular flexibility index (Phi) is 2.67. The van der Waals surface area contributed by atoms with Crippen LogP contribution >= 0.6 is 0 Å². The van der Waals surface area contributed by atoms with Crippen LogP contribution in [-0.4, -0.2) is 22.4 Å². The number of hydrogen-bond acceptors (Lipinski definition) is 4. The van der Waals surface area contributed by atoms with Crippen LogP contribution in [0.2, 0.25) is 0 Å². The SMILES string of the molecule is Cc1ccnc(OB(O)O)c1C. The van der Waals surface area contributed by atoms with Crippen molar-refractivity contribution in [3.63, 3.8) is 0 Å². The van der Waals surface area contributed by atoms with Crippen molar-refractivity contribution in [3.8, 4) is 5.88 Å². The van der Waals surface area contributed by atoms with Crippen molar-refractivity contribution in [1.82, 2.24) is 4.98 Å². The summed E-state index contributed by atoms with van der Waals surface area (Å²) in [4.78, 5) is 3.84. The Balaban J connectivity index is 2.92. The molecule has 1 aromatic rings. The summed E-state index contributed by atoms with van der Waals surface area (Å²) in [6.45, 7) is 3.70. The molecule has 5 heteroatoms. The summed E-state index contributed by atoms with van der Waals surface area (Å²) < 4.78 is 4.63. The van der Waals surface area contributed by atoms with Crippen LogP contribution in [0.25, 0.3) is 0 Å². The smallest absolute Gasteiger partial charge is 0.497 e. The monoisotopic (exact) mass is 167 g/mol. The highest BCUT2D eigenvalue weighted by Gasteiger charge is 2.14. The molecule has 12 heavy (non-hydrogen) atoms. The van der Waals surface area contributed by atoms with E-state index in [4.69, 9.17) is 10.0 Å². The largest absolute Gasteiger partial charge is 0.708 e. The molecule has 0 saturated carbocycles. The van der Waals surface area contributed by atoms with Gasteiger partial charge in [0.15, 0.2) is 0 Å². The molecule has 0 unspecified atom stereocenters. The average Bonchev–Trinajstić information content (AvgIpc) is 1.98. The van der Waals surface area contributed by atoms with Crippen LogP contribution in [-0.2, 0) is 0 Å². The van der Waals surface area contributed by atoms with E-state index in [1.807, 2.05) is 13.0 Å². The second-order valence-corrected chi connectivity index (χ2v) is 2.50. The second-order valence-electron chi connectivity index (χ2n) is 2.50. The first-order valence-corrected chi connectivity index (χ1v) is 3.56. The van der Waals surface area contributed by atoms with E-state index in [-0.39, 0.29) is 5.88 Å². The quantitative estimate of drug-likeness (QED) is 0.610. The van der Waals surface area contributed by atoms with Gasteiger partial charge in [0.1, 0.15) is 0 Å². The summed E-state index contributed by atoms with van der Waals surface area (Å²) in [5, 5.41) is 17.0. The molecule has 0 bridgehead atoms. The molecule has 0 aliphatic rings. The fourth-order valence-corrected chi connectivity index (χ4v) is 0.826. The van der Waals surface area contributed by atoms with E-state index in [0.717, 1.165) is 11.1 Å². The summed E-state index contributed by atoms with van der Waals surface area (Å²) in [6, 6.07) is 1.83. The summed E-state index contributed by atoms with van der Waals surface area (Å²) >= 11 is 0. The maximum Gasteiger partial charge on any atom is 0.708 e. The van der Waals surface area contributed by atoms with Crippen LogP contribution in [0.1, 0.15) is 11.1 Å². The Hall–Kier alpha value is -1.07. The first kappa shape index (κ1) is 9.03. The Labute approximate surface area is 71.0 Å². The third-order valence-electron chi connectivity index (χ3n) is 1.65. The zero-order valence-electron chi connectivity index (χ0n) is 6.98. The highest BCUT2D eigenvalue weighted by atomic mass is 16.6. The van der Waals surface area contributed by atoms with Crippen LogP contribution in [0.5, 0.6) is 5.88 Å². The van der Waals surface area contributed by atoms with Gasteiger partial charge in [-0.1, -0.05) is 0 Å². The van der Waals surface area contributed by atoms with Crippen molar-refractivity contribution in [2.75, 3.05) is 0 Å². The average molecular weight is 167 g/mol. The van der Waals surface area contributed by atoms with Gasteiger partial charge in [-0.05, 0) is 25.5 Å². The molecule has 1 aromatic heterocycles. The van der Waals surface area contributed by atoms with Gasteiger partial charge in [-0.15, -0.1) is 0 Å². The van der Waals surface area contributed by atoms with Gasteiger partial charge in [0.2, 0.25) is 5.88 Å². The molecule has 0 aliphatic carbocycles. The first-order valence-electron chi connectivity index (χ1n) is 3.56. The van der Waals surface area contributed by atoms with Gasteiger partial charge in [0.05, 0.1) is 0 Å². The molecule has 1 heterocycles. The lowest BCUT2D eigenvalue weighted by Crippen LogP contribution is -2.21. The highest BCUT2D eigenvalue weighted by Crippen LogP contribution is 2.16. The molecule has 0 radical (unpaired) electrons. The van der Waals surface area contributed by atoms with Crippen molar-refractivity contribution in [2.45, 2.75) is 13.8 Å². The molecule has 4 nitrogen and oxygen atoms in total. The second kappa shape index (κ2) is 3.56. The fourth-order valence-electron chi connectivity index (χ4n) is 0.826. The van der Waals surface area contributed by atoms with Crippen molar-refractivity contribution in [1.29, 1.82) is 0 Å². The van der Waals surface area contributed by atoms with E-state index in [1.165, 1.54) is 0 Å². The summed E-state index contributed by atoms with van der Waals surface area (Å²) in [5.74, 6) is 0.255. The number of aromatic nitrogens is 1. The first-order chi connectivity index (χ1) is 5.61. The fraction of sp³-hybridized carbons (Fsp3) is 0.286. The molecule has 0 spiro atoms. The Morgan fingerprint density at radius 2 is 2.08 bits per heavy atom. The van der Waals surface area contributed by atoms with E-state index >= 15 is 0 Å². The molecule has 2 N–H and O–H groups in total. The van der Waals surface area contributed by atoms with Crippen LogP contribution < -0.4 is 4.65 Å². The molecule has 0 fully saturated rings. The van der Waals surface area contributed by atoms with E-state index in [0.29, 0.717) is 0 Å². The zero-order valence-corrected chi connectivity index (χ0v) is 6.98. The minimum Gasteiger partial charge on any atom is -0.497 e. The molecule has 64 valence electrons. The van der Waals surface area contributed by atoms with Gasteiger partial charge in [-0.3, -0.25) is 0 Å². The standard InChI is InChI=1S/C7H10BNO3/c1-5-3-4-9-7(6(5)2)12-8(10)11/h3-4,10-11H,1-2H3. The van der Waals surface area contributed by atoms with E-state index in [1.54, 1.807) is 13.1 Å². The van der Waals surface area contributed by atoms with Crippen LogP contribution in [0.3, 0.4) is 0 Å². The summed E-state index contributed by atoms with van der Waals surface area (Å²) in [5.41, 5.74) is 1.81. The Morgan fingerprint density at radius 3 is 2.67 bits per heavy atom. The van der Waals surface area contributed by atoms with E-state index in [9.17, 15) is 0 Å². The van der Waals surface area contributed by atoms with Crippen LogP contribution in [0, 0.1) is 13.8 Å². The molecule has 0 aliphatic heterocycles. The molecule has 0 atom stereocenters. The van der Waals surface area contributed by atoms with Crippen molar-refractivity contribution in [2.24, 2.45) is 0 Å². The lowest BCUT2D eigenvalue weighted by Gasteiger charge is -2.07. The highest BCUT2D eigenvalue weighted by molar-refractivity contribution is 6.33. The van der Waals surface area contributed by atoms with Crippen molar-refractivity contribution < 1.29 is 14.7 Å². The van der Waals surface area contributed by atoms with Crippen molar-refractivity contribution in [3.05, 3.63) is 23.4 Å². The molecule has 1 rings (SSSR count). The third kappa shape index (κ3) is 1.96. The predicted molar refractivity (Wildman–Crippen MR) is 44.5 cm³/mol. The van der Waals surface area contributed by atoms with Gasteiger partial charge in [0, 0.05) is 11.8 Å². The molecular formula is C7H10BNO3. The lowest BCUT2D eigenvalue weighted by atomic mass is 10.1. The zero-order chi connectivity index (χ0) is 9.14. The summed E-state index contributed by atoms with van der Waals surface area (Å²) in [7, 11) is -1.81. The predicted octanol–water partition coefficient (Wildman–Crippen LogP) is 0.0467. The minimum atomic E-state index is -1.81. The van der Waals surface area contributed by atoms with Gasteiger partial charge in [-0.2, -0.15) is 0 Å². The number of nitrogens with zero attached hydrogens (tertiary/aromatic N) is 1. The lowest BCUT2D eigenvalue weighted by molar-refractivity contribution is 0.282. The Morgan fingerprint density at radius 1 is 1.42 bits per heavy atom.